The van der Waals surface area contributed by atoms with Crippen molar-refractivity contribution in [2.75, 3.05) is 20.2 Å². The summed E-state index contributed by atoms with van der Waals surface area (Å²) >= 11 is 0. The largest absolute Gasteiger partial charge is 0.491 e. The third-order valence-electron chi connectivity index (χ3n) is 2.39. The molecule has 3 nitrogen and oxygen atoms in total. The SMILES string of the molecule is CNCC1(C=N)CC=C1OCC(C)(F)F. The van der Waals surface area contributed by atoms with E-state index in [-0.39, 0.29) is 0 Å². The summed E-state index contributed by atoms with van der Waals surface area (Å²) in [6.45, 7) is 0.728. The molecule has 0 fully saturated rings. The molecule has 1 rings (SSSR count). The van der Waals surface area contributed by atoms with Crippen LogP contribution in [0.15, 0.2) is 11.8 Å². The molecule has 0 aromatic carbocycles. The molecular formula is C10H16F2N2O. The summed E-state index contributed by atoms with van der Waals surface area (Å²) < 4.78 is 30.1. The zero-order chi connectivity index (χ0) is 11.5. The van der Waals surface area contributed by atoms with Crippen LogP contribution >= 0.6 is 0 Å². The van der Waals surface area contributed by atoms with E-state index in [1.165, 1.54) is 6.21 Å². The lowest BCUT2D eigenvalue weighted by atomic mass is 9.75. The van der Waals surface area contributed by atoms with Gasteiger partial charge in [0.05, 0.1) is 5.41 Å². The Bertz CT molecular complexity index is 273. The van der Waals surface area contributed by atoms with E-state index >= 15 is 0 Å². The van der Waals surface area contributed by atoms with Crippen LogP contribution in [0.5, 0.6) is 0 Å². The van der Waals surface area contributed by atoms with Crippen molar-refractivity contribution in [3.8, 4) is 0 Å². The molecule has 0 radical (unpaired) electrons. The van der Waals surface area contributed by atoms with Gasteiger partial charge in [0.1, 0.15) is 5.76 Å². The number of nitrogens with one attached hydrogen (secondary N) is 2. The normalized spacial score (nSPS) is 25.5. The Morgan fingerprint density at radius 2 is 2.40 bits per heavy atom. The van der Waals surface area contributed by atoms with Gasteiger partial charge in [-0.2, -0.15) is 0 Å². The van der Waals surface area contributed by atoms with Gasteiger partial charge in [0, 0.05) is 19.7 Å². The summed E-state index contributed by atoms with van der Waals surface area (Å²) in [6, 6.07) is 0. The van der Waals surface area contributed by atoms with E-state index in [9.17, 15) is 8.78 Å². The fourth-order valence-electron chi connectivity index (χ4n) is 1.51. The van der Waals surface area contributed by atoms with E-state index in [1.807, 2.05) is 0 Å². The fourth-order valence-corrected chi connectivity index (χ4v) is 1.51. The Kier molecular flexibility index (Phi) is 3.44. The van der Waals surface area contributed by atoms with E-state index in [2.05, 4.69) is 5.32 Å². The Labute approximate surface area is 88.0 Å². The molecule has 86 valence electrons. The quantitative estimate of drug-likeness (QED) is 0.668. The minimum atomic E-state index is -2.83. The van der Waals surface area contributed by atoms with Gasteiger partial charge >= 0.3 is 0 Å². The van der Waals surface area contributed by atoms with Crippen molar-refractivity contribution < 1.29 is 13.5 Å². The molecule has 15 heavy (non-hydrogen) atoms. The Morgan fingerprint density at radius 3 is 2.73 bits per heavy atom. The second kappa shape index (κ2) is 4.26. The molecule has 2 N–H and O–H groups in total. The first-order valence-electron chi connectivity index (χ1n) is 4.81. The third kappa shape index (κ3) is 2.75. The predicted molar refractivity (Wildman–Crippen MR) is 54.4 cm³/mol. The van der Waals surface area contributed by atoms with Crippen LogP contribution in [0, 0.1) is 10.8 Å². The number of alkyl halides is 2. The zero-order valence-electron chi connectivity index (χ0n) is 8.94. The van der Waals surface area contributed by atoms with Gasteiger partial charge in [-0.1, -0.05) is 0 Å². The van der Waals surface area contributed by atoms with E-state index in [0.29, 0.717) is 18.7 Å². The predicted octanol–water partition coefficient (Wildman–Crippen LogP) is 1.80. The molecule has 1 aliphatic rings. The average molecular weight is 218 g/mol. The van der Waals surface area contributed by atoms with Crippen molar-refractivity contribution in [3.63, 3.8) is 0 Å². The van der Waals surface area contributed by atoms with Crippen LogP contribution in [0.4, 0.5) is 8.78 Å². The third-order valence-corrected chi connectivity index (χ3v) is 2.39. The molecule has 1 atom stereocenters. The molecule has 0 spiro atoms. The number of hydrogen-bond acceptors (Lipinski definition) is 3. The molecule has 1 aliphatic carbocycles. The number of rotatable bonds is 6. The maximum absolute atomic E-state index is 12.6. The van der Waals surface area contributed by atoms with Crippen molar-refractivity contribution in [1.82, 2.24) is 5.32 Å². The number of halogens is 2. The van der Waals surface area contributed by atoms with Gasteiger partial charge < -0.3 is 15.5 Å². The highest BCUT2D eigenvalue weighted by Crippen LogP contribution is 2.39. The monoisotopic (exact) mass is 218 g/mol. The number of ether oxygens (including phenoxy) is 1. The highest BCUT2D eigenvalue weighted by molar-refractivity contribution is 5.70. The van der Waals surface area contributed by atoms with Gasteiger partial charge in [0.2, 0.25) is 0 Å². The summed E-state index contributed by atoms with van der Waals surface area (Å²) in [6.07, 6.45) is 3.67. The first-order chi connectivity index (χ1) is 6.93. The molecule has 1 unspecified atom stereocenters. The lowest BCUT2D eigenvalue weighted by Crippen LogP contribution is -2.42. The van der Waals surface area contributed by atoms with E-state index in [1.54, 1.807) is 13.1 Å². The standard InChI is InChI=1S/C10H16F2N2O/c1-9(11,12)7-15-8-3-4-10(8,5-13)6-14-2/h3,5,13-14H,4,6-7H2,1-2H3. The first-order valence-corrected chi connectivity index (χ1v) is 4.81. The lowest BCUT2D eigenvalue weighted by molar-refractivity contribution is -0.0544. The molecule has 0 aromatic heterocycles. The molecule has 5 heteroatoms. The molecule has 0 bridgehead atoms. The van der Waals surface area contributed by atoms with Crippen molar-refractivity contribution in [2.45, 2.75) is 19.3 Å². The van der Waals surface area contributed by atoms with Gasteiger partial charge in [-0.3, -0.25) is 0 Å². The summed E-state index contributed by atoms with van der Waals surface area (Å²) in [4.78, 5) is 0. The van der Waals surface area contributed by atoms with Crippen molar-refractivity contribution in [2.24, 2.45) is 5.41 Å². The van der Waals surface area contributed by atoms with Crippen LogP contribution < -0.4 is 5.32 Å². The first kappa shape index (κ1) is 12.1. The van der Waals surface area contributed by atoms with Gasteiger partial charge in [-0.25, -0.2) is 8.78 Å². The van der Waals surface area contributed by atoms with Crippen molar-refractivity contribution in [1.29, 1.82) is 5.41 Å². The smallest absolute Gasteiger partial charge is 0.278 e. The summed E-state index contributed by atoms with van der Waals surface area (Å²) in [5.41, 5.74) is -0.514. The Balaban J connectivity index is 2.53. The van der Waals surface area contributed by atoms with Crippen LogP contribution in [-0.4, -0.2) is 32.3 Å². The van der Waals surface area contributed by atoms with Gasteiger partial charge in [0.15, 0.2) is 6.61 Å². The molecule has 0 saturated carbocycles. The fraction of sp³-hybridized carbons (Fsp3) is 0.700. The van der Waals surface area contributed by atoms with Crippen LogP contribution in [0.1, 0.15) is 13.3 Å². The van der Waals surface area contributed by atoms with Crippen LogP contribution in [0.2, 0.25) is 0 Å². The lowest BCUT2D eigenvalue weighted by Gasteiger charge is -2.38. The van der Waals surface area contributed by atoms with Crippen LogP contribution in [0.25, 0.3) is 0 Å². The molecule has 0 aromatic rings. The summed E-state index contributed by atoms with van der Waals surface area (Å²) in [7, 11) is 1.76. The van der Waals surface area contributed by atoms with Crippen LogP contribution in [0.3, 0.4) is 0 Å². The van der Waals surface area contributed by atoms with Crippen LogP contribution in [-0.2, 0) is 4.74 Å². The summed E-state index contributed by atoms with van der Waals surface area (Å²) in [5.74, 6) is -2.35. The molecule has 0 saturated heterocycles. The molecule has 0 aliphatic heterocycles. The topological polar surface area (TPSA) is 45.1 Å². The van der Waals surface area contributed by atoms with E-state index in [0.717, 1.165) is 6.92 Å². The maximum atomic E-state index is 12.6. The Hall–Kier alpha value is -0.970. The molecule has 0 heterocycles. The van der Waals surface area contributed by atoms with Crippen molar-refractivity contribution in [3.05, 3.63) is 11.8 Å². The second-order valence-corrected chi connectivity index (χ2v) is 3.96. The number of hydrogen-bond donors (Lipinski definition) is 2. The Morgan fingerprint density at radius 1 is 1.73 bits per heavy atom. The number of allylic oxidation sites excluding steroid dienone is 1. The van der Waals surface area contributed by atoms with Gasteiger partial charge in [-0.15, -0.1) is 0 Å². The zero-order valence-corrected chi connectivity index (χ0v) is 8.94. The minimum absolute atomic E-state index is 0.480. The molecule has 0 amide bonds. The van der Waals surface area contributed by atoms with Gasteiger partial charge in [0.25, 0.3) is 5.92 Å². The second-order valence-electron chi connectivity index (χ2n) is 3.96. The molecular weight excluding hydrogens is 202 g/mol. The van der Waals surface area contributed by atoms with E-state index < -0.39 is 17.9 Å². The average Bonchev–Trinajstić information content (AvgIpc) is 2.10. The van der Waals surface area contributed by atoms with E-state index in [4.69, 9.17) is 10.1 Å². The van der Waals surface area contributed by atoms with Crippen molar-refractivity contribution >= 4 is 6.21 Å². The highest BCUT2D eigenvalue weighted by atomic mass is 19.3. The maximum Gasteiger partial charge on any atom is 0.278 e. The van der Waals surface area contributed by atoms with Gasteiger partial charge in [-0.05, 0) is 19.5 Å². The highest BCUT2D eigenvalue weighted by Gasteiger charge is 2.40. The summed E-state index contributed by atoms with van der Waals surface area (Å²) in [5, 5.41) is 10.2. The minimum Gasteiger partial charge on any atom is -0.491 e.